The molecule has 2 aromatic rings. The van der Waals surface area contributed by atoms with Crippen LogP contribution in [0, 0.1) is 12.8 Å². The number of ether oxygens (including phenoxy) is 3. The molecular weight excluding hydrogens is 384 g/mol. The SMILES string of the molecule is CCOC(=O)[C@@H]1[C@H]2NC(=O)N(c3cccc(C)c3)[C@@]1(C)Oc1c(OCC)cccc12. The predicted molar refractivity (Wildman–Crippen MR) is 112 cm³/mol. The van der Waals surface area contributed by atoms with E-state index in [1.54, 1.807) is 13.8 Å². The summed E-state index contributed by atoms with van der Waals surface area (Å²) < 4.78 is 17.6. The highest BCUT2D eigenvalue weighted by atomic mass is 16.6. The van der Waals surface area contributed by atoms with Crippen LogP contribution >= 0.6 is 0 Å². The molecule has 0 spiro atoms. The van der Waals surface area contributed by atoms with Crippen LogP contribution < -0.4 is 19.7 Å². The molecule has 2 aliphatic rings. The van der Waals surface area contributed by atoms with Crippen molar-refractivity contribution in [2.24, 2.45) is 5.92 Å². The maximum Gasteiger partial charge on any atom is 0.325 e. The zero-order chi connectivity index (χ0) is 21.5. The molecular formula is C23H26N2O5. The number of hydrogen-bond donors (Lipinski definition) is 1. The van der Waals surface area contributed by atoms with Crippen molar-refractivity contribution in [3.8, 4) is 11.5 Å². The second-order valence-electron chi connectivity index (χ2n) is 7.60. The molecule has 2 aliphatic heterocycles. The first kappa shape index (κ1) is 20.1. The van der Waals surface area contributed by atoms with Gasteiger partial charge in [0.05, 0.1) is 19.3 Å². The maximum atomic E-state index is 13.2. The van der Waals surface area contributed by atoms with Crippen molar-refractivity contribution in [3.63, 3.8) is 0 Å². The van der Waals surface area contributed by atoms with E-state index in [2.05, 4.69) is 5.32 Å². The van der Waals surface area contributed by atoms with Crippen LogP contribution in [0.5, 0.6) is 11.5 Å². The van der Waals surface area contributed by atoms with Gasteiger partial charge < -0.3 is 19.5 Å². The van der Waals surface area contributed by atoms with Crippen LogP contribution in [0.3, 0.4) is 0 Å². The third kappa shape index (κ3) is 3.05. The molecule has 4 rings (SSSR count). The molecule has 0 unspecified atom stereocenters. The number of carbonyl (C=O) groups excluding carboxylic acids is 2. The van der Waals surface area contributed by atoms with Gasteiger partial charge in [-0.3, -0.25) is 9.69 Å². The summed E-state index contributed by atoms with van der Waals surface area (Å²) in [6, 6.07) is 12.1. The van der Waals surface area contributed by atoms with Gasteiger partial charge in [-0.25, -0.2) is 4.79 Å². The molecule has 0 aromatic heterocycles. The minimum absolute atomic E-state index is 0.238. The van der Waals surface area contributed by atoms with Gasteiger partial charge in [-0.05, 0) is 51.5 Å². The average molecular weight is 410 g/mol. The van der Waals surface area contributed by atoms with Crippen LogP contribution in [0.25, 0.3) is 0 Å². The van der Waals surface area contributed by atoms with E-state index in [1.807, 2.05) is 56.3 Å². The van der Waals surface area contributed by atoms with E-state index in [-0.39, 0.29) is 12.6 Å². The van der Waals surface area contributed by atoms with Crippen LogP contribution in [0.2, 0.25) is 0 Å². The topological polar surface area (TPSA) is 77.1 Å². The number of aryl methyl sites for hydroxylation is 1. The third-order valence-corrected chi connectivity index (χ3v) is 5.59. The highest BCUT2D eigenvalue weighted by molar-refractivity contribution is 5.97. The zero-order valence-electron chi connectivity index (χ0n) is 17.6. The molecule has 0 radical (unpaired) electrons. The molecule has 1 fully saturated rings. The van der Waals surface area contributed by atoms with Gasteiger partial charge in [0.2, 0.25) is 5.72 Å². The van der Waals surface area contributed by atoms with Gasteiger partial charge in [0.15, 0.2) is 11.5 Å². The molecule has 1 saturated heterocycles. The number of amides is 2. The summed E-state index contributed by atoms with van der Waals surface area (Å²) in [5.41, 5.74) is 1.03. The summed E-state index contributed by atoms with van der Waals surface area (Å²) in [5, 5.41) is 3.01. The summed E-state index contributed by atoms with van der Waals surface area (Å²) in [6.07, 6.45) is 0. The monoisotopic (exact) mass is 410 g/mol. The van der Waals surface area contributed by atoms with Gasteiger partial charge in [0, 0.05) is 11.3 Å². The van der Waals surface area contributed by atoms with Crippen molar-refractivity contribution in [1.82, 2.24) is 5.32 Å². The Hall–Kier alpha value is -3.22. The summed E-state index contributed by atoms with van der Waals surface area (Å²) in [5.74, 6) is -0.0749. The molecule has 2 bridgehead atoms. The number of carbonyl (C=O) groups is 2. The highest BCUT2D eigenvalue weighted by Crippen LogP contribution is 2.52. The van der Waals surface area contributed by atoms with Gasteiger partial charge in [-0.15, -0.1) is 0 Å². The Morgan fingerprint density at radius 3 is 2.67 bits per heavy atom. The fraction of sp³-hybridized carbons (Fsp3) is 0.391. The molecule has 1 N–H and O–H groups in total. The second-order valence-corrected chi connectivity index (χ2v) is 7.60. The van der Waals surface area contributed by atoms with Crippen molar-refractivity contribution < 1.29 is 23.8 Å². The minimum Gasteiger partial charge on any atom is -0.490 e. The number of rotatable bonds is 5. The minimum atomic E-state index is -1.30. The standard InChI is InChI=1S/C23H26N2O5/c1-5-28-17-12-8-11-16-19-18(21(26)29-6-2)23(4,30-20(16)17)25(22(27)24-19)15-10-7-9-14(3)13-15/h7-13,18-19H,5-6H2,1-4H3,(H,24,27)/t18-,19-,23-/m0/s1. The molecule has 3 atom stereocenters. The third-order valence-electron chi connectivity index (χ3n) is 5.59. The van der Waals surface area contributed by atoms with E-state index in [0.29, 0.717) is 29.4 Å². The predicted octanol–water partition coefficient (Wildman–Crippen LogP) is 3.95. The van der Waals surface area contributed by atoms with Crippen LogP contribution in [0.15, 0.2) is 42.5 Å². The largest absolute Gasteiger partial charge is 0.490 e. The number of anilines is 1. The fourth-order valence-corrected chi connectivity index (χ4v) is 4.39. The number of fused-ring (bicyclic) bond motifs is 4. The Bertz CT molecular complexity index is 991. The number of esters is 1. The average Bonchev–Trinajstić information content (AvgIpc) is 2.68. The molecule has 7 heteroatoms. The first-order chi connectivity index (χ1) is 14.4. The summed E-state index contributed by atoms with van der Waals surface area (Å²) >= 11 is 0. The number of para-hydroxylation sites is 1. The lowest BCUT2D eigenvalue weighted by atomic mass is 9.79. The lowest BCUT2D eigenvalue weighted by Crippen LogP contribution is -2.71. The molecule has 2 amide bonds. The van der Waals surface area contributed by atoms with E-state index in [0.717, 1.165) is 5.56 Å². The second kappa shape index (κ2) is 7.55. The Kier molecular flexibility index (Phi) is 5.05. The van der Waals surface area contributed by atoms with Crippen molar-refractivity contribution in [3.05, 3.63) is 53.6 Å². The molecule has 30 heavy (non-hydrogen) atoms. The van der Waals surface area contributed by atoms with Crippen molar-refractivity contribution in [2.75, 3.05) is 18.1 Å². The Morgan fingerprint density at radius 2 is 1.97 bits per heavy atom. The van der Waals surface area contributed by atoms with Gasteiger partial charge in [0.25, 0.3) is 0 Å². The number of urea groups is 1. The van der Waals surface area contributed by atoms with E-state index >= 15 is 0 Å². The fourth-order valence-electron chi connectivity index (χ4n) is 4.39. The van der Waals surface area contributed by atoms with Crippen LogP contribution in [0.4, 0.5) is 10.5 Å². The smallest absolute Gasteiger partial charge is 0.325 e. The lowest BCUT2D eigenvalue weighted by Gasteiger charge is -2.54. The van der Waals surface area contributed by atoms with Crippen LogP contribution in [0.1, 0.15) is 37.9 Å². The quantitative estimate of drug-likeness (QED) is 0.755. The molecule has 2 heterocycles. The van der Waals surface area contributed by atoms with Gasteiger partial charge >= 0.3 is 12.0 Å². The van der Waals surface area contributed by atoms with Gasteiger partial charge in [0.1, 0.15) is 5.92 Å². The lowest BCUT2D eigenvalue weighted by molar-refractivity contribution is -0.160. The Balaban J connectivity index is 1.91. The summed E-state index contributed by atoms with van der Waals surface area (Å²) in [4.78, 5) is 27.8. The van der Waals surface area contributed by atoms with Gasteiger partial charge in [-0.1, -0.05) is 24.3 Å². The van der Waals surface area contributed by atoms with E-state index < -0.39 is 23.7 Å². The number of benzene rings is 2. The van der Waals surface area contributed by atoms with E-state index in [1.165, 1.54) is 4.90 Å². The zero-order valence-corrected chi connectivity index (χ0v) is 17.6. The first-order valence-electron chi connectivity index (χ1n) is 10.2. The number of hydrogen-bond acceptors (Lipinski definition) is 5. The molecule has 2 aromatic carbocycles. The first-order valence-corrected chi connectivity index (χ1v) is 10.2. The summed E-state index contributed by atoms with van der Waals surface area (Å²) in [6.45, 7) is 8.07. The summed E-state index contributed by atoms with van der Waals surface area (Å²) in [7, 11) is 0. The van der Waals surface area contributed by atoms with Crippen LogP contribution in [-0.4, -0.2) is 30.9 Å². The van der Waals surface area contributed by atoms with Crippen molar-refractivity contribution in [1.29, 1.82) is 0 Å². The highest BCUT2D eigenvalue weighted by Gasteiger charge is 2.61. The maximum absolute atomic E-state index is 13.2. The Morgan fingerprint density at radius 1 is 1.20 bits per heavy atom. The molecule has 0 aliphatic carbocycles. The van der Waals surface area contributed by atoms with E-state index in [9.17, 15) is 9.59 Å². The van der Waals surface area contributed by atoms with Crippen molar-refractivity contribution in [2.45, 2.75) is 39.5 Å². The normalized spacial score (nSPS) is 24.4. The van der Waals surface area contributed by atoms with Gasteiger partial charge in [-0.2, -0.15) is 0 Å². The molecule has 0 saturated carbocycles. The number of nitrogens with one attached hydrogen (secondary N) is 1. The van der Waals surface area contributed by atoms with Crippen molar-refractivity contribution >= 4 is 17.7 Å². The van der Waals surface area contributed by atoms with Crippen LogP contribution in [-0.2, 0) is 9.53 Å². The molecule has 7 nitrogen and oxygen atoms in total. The van der Waals surface area contributed by atoms with E-state index in [4.69, 9.17) is 14.2 Å². The Labute approximate surface area is 175 Å². The number of nitrogens with zero attached hydrogens (tertiary/aromatic N) is 1. The molecule has 158 valence electrons.